The van der Waals surface area contributed by atoms with E-state index in [-0.39, 0.29) is 18.5 Å². The quantitative estimate of drug-likeness (QED) is 0.581. The molecule has 0 radical (unpaired) electrons. The number of carboxylic acids is 1. The standard InChI is InChI=1S/C14H20N2O3.C10H12F3N3O/c1-15-6-8-16(9-7-15)10-12-2-4-13(5-3-12)19-11-14(17)18;11-10(12,13)8-4-14-5-9(16-8)15-7-2-1-3-17-6-7/h2-5H,6-11H2,1H3,(H,17,18);4-5,7H,1-3,6H2,(H,15,16). The highest BCUT2D eigenvalue weighted by molar-refractivity contribution is 5.68. The number of nitrogens with one attached hydrogen (secondary N) is 1. The third-order valence-electron chi connectivity index (χ3n) is 5.73. The molecule has 1 aromatic heterocycles. The summed E-state index contributed by atoms with van der Waals surface area (Å²) in [5, 5.41) is 11.4. The molecule has 2 aliphatic heterocycles. The molecule has 2 aromatic rings. The number of benzene rings is 1. The van der Waals surface area contributed by atoms with Crippen molar-refractivity contribution in [3.05, 3.63) is 47.9 Å². The van der Waals surface area contributed by atoms with Gasteiger partial charge in [0.2, 0.25) is 0 Å². The van der Waals surface area contributed by atoms with Crippen molar-refractivity contribution in [3.63, 3.8) is 0 Å². The second kappa shape index (κ2) is 13.4. The van der Waals surface area contributed by atoms with Crippen LogP contribution in [0.3, 0.4) is 0 Å². The van der Waals surface area contributed by atoms with E-state index in [1.165, 1.54) is 11.8 Å². The number of carbonyl (C=O) groups is 1. The average molecular weight is 512 g/mol. The molecule has 2 saturated heterocycles. The average Bonchev–Trinajstić information content (AvgIpc) is 2.86. The van der Waals surface area contributed by atoms with E-state index in [9.17, 15) is 18.0 Å². The Morgan fingerprint density at radius 2 is 1.92 bits per heavy atom. The first kappa shape index (κ1) is 27.6. The first-order valence-corrected chi connectivity index (χ1v) is 11.8. The van der Waals surface area contributed by atoms with Gasteiger partial charge in [-0.05, 0) is 37.6 Å². The molecule has 4 rings (SSSR count). The third-order valence-corrected chi connectivity index (χ3v) is 5.73. The summed E-state index contributed by atoms with van der Waals surface area (Å²) in [6.07, 6.45) is -0.720. The maximum absolute atomic E-state index is 12.4. The molecule has 2 aliphatic rings. The van der Waals surface area contributed by atoms with E-state index in [2.05, 4.69) is 32.1 Å². The van der Waals surface area contributed by atoms with Crippen molar-refractivity contribution >= 4 is 11.8 Å². The van der Waals surface area contributed by atoms with Crippen LogP contribution < -0.4 is 10.1 Å². The summed E-state index contributed by atoms with van der Waals surface area (Å²) in [5.74, 6) is -0.221. The minimum absolute atomic E-state index is 0.00142. The number of ether oxygens (including phenoxy) is 2. The lowest BCUT2D eigenvalue weighted by atomic mass is 10.1. The number of alkyl halides is 3. The maximum atomic E-state index is 12.4. The number of anilines is 1. The van der Waals surface area contributed by atoms with Gasteiger partial charge in [-0.3, -0.25) is 9.88 Å². The minimum Gasteiger partial charge on any atom is -0.482 e. The summed E-state index contributed by atoms with van der Waals surface area (Å²) >= 11 is 0. The highest BCUT2D eigenvalue weighted by Crippen LogP contribution is 2.27. The second-order valence-electron chi connectivity index (χ2n) is 8.75. The fourth-order valence-corrected chi connectivity index (χ4v) is 3.74. The van der Waals surface area contributed by atoms with Crippen molar-refractivity contribution < 1.29 is 32.5 Å². The first-order chi connectivity index (χ1) is 17.2. The number of nitrogens with zero attached hydrogens (tertiary/aromatic N) is 4. The van der Waals surface area contributed by atoms with Crippen LogP contribution in [0.4, 0.5) is 19.0 Å². The SMILES string of the molecule is CN1CCN(Cc2ccc(OCC(=O)O)cc2)CC1.FC(F)(F)c1cncc(NC2CCCOC2)n1. The smallest absolute Gasteiger partial charge is 0.434 e. The van der Waals surface area contributed by atoms with Crippen LogP contribution in [0.15, 0.2) is 36.7 Å². The van der Waals surface area contributed by atoms with Crippen molar-refractivity contribution in [2.75, 3.05) is 58.4 Å². The fourth-order valence-electron chi connectivity index (χ4n) is 3.74. The molecule has 2 fully saturated rings. The molecule has 36 heavy (non-hydrogen) atoms. The summed E-state index contributed by atoms with van der Waals surface area (Å²) in [6, 6.07) is 7.65. The summed E-state index contributed by atoms with van der Waals surface area (Å²) < 4.78 is 47.5. The molecular formula is C24H32F3N5O4. The van der Waals surface area contributed by atoms with E-state index in [1.54, 1.807) is 0 Å². The summed E-state index contributed by atoms with van der Waals surface area (Å²) in [6.45, 7) is 6.23. The lowest BCUT2D eigenvalue weighted by Crippen LogP contribution is -2.43. The van der Waals surface area contributed by atoms with Gasteiger partial charge in [-0.1, -0.05) is 12.1 Å². The van der Waals surface area contributed by atoms with Crippen LogP contribution in [0.2, 0.25) is 0 Å². The highest BCUT2D eigenvalue weighted by Gasteiger charge is 2.33. The Hall–Kier alpha value is -2.96. The van der Waals surface area contributed by atoms with E-state index in [0.717, 1.165) is 45.6 Å². The van der Waals surface area contributed by atoms with Crippen molar-refractivity contribution in [2.24, 2.45) is 0 Å². The van der Waals surface area contributed by atoms with E-state index in [0.29, 0.717) is 25.2 Å². The van der Waals surface area contributed by atoms with E-state index in [4.69, 9.17) is 14.6 Å². The Kier molecular flexibility index (Phi) is 10.3. The van der Waals surface area contributed by atoms with Gasteiger partial charge < -0.3 is 24.8 Å². The normalized spacial score (nSPS) is 19.2. The minimum atomic E-state index is -4.46. The van der Waals surface area contributed by atoms with Crippen LogP contribution >= 0.6 is 0 Å². The zero-order valence-corrected chi connectivity index (χ0v) is 20.2. The zero-order chi connectivity index (χ0) is 26.0. The Balaban J connectivity index is 0.000000202. The molecule has 198 valence electrons. The topological polar surface area (TPSA) is 100 Å². The number of piperazine rings is 1. The van der Waals surface area contributed by atoms with Crippen molar-refractivity contribution in [1.82, 2.24) is 19.8 Å². The molecule has 12 heteroatoms. The lowest BCUT2D eigenvalue weighted by Gasteiger charge is -2.32. The highest BCUT2D eigenvalue weighted by atomic mass is 19.4. The van der Waals surface area contributed by atoms with Gasteiger partial charge in [0, 0.05) is 39.3 Å². The predicted octanol–water partition coefficient (Wildman–Crippen LogP) is 2.98. The molecule has 1 unspecified atom stereocenters. The monoisotopic (exact) mass is 511 g/mol. The number of carboxylic acid groups (broad SMARTS) is 1. The Labute approximate surface area is 208 Å². The molecule has 9 nitrogen and oxygen atoms in total. The third kappa shape index (κ3) is 9.59. The van der Waals surface area contributed by atoms with Gasteiger partial charge in [0.15, 0.2) is 12.3 Å². The summed E-state index contributed by atoms with van der Waals surface area (Å²) in [7, 11) is 2.14. The molecule has 0 saturated carbocycles. The van der Waals surface area contributed by atoms with E-state index in [1.807, 2.05) is 24.3 Å². The molecular weight excluding hydrogens is 479 g/mol. The van der Waals surface area contributed by atoms with Crippen LogP contribution in [-0.2, 0) is 22.3 Å². The summed E-state index contributed by atoms with van der Waals surface area (Å²) in [5.41, 5.74) is 0.242. The molecule has 0 bridgehead atoms. The molecule has 2 N–H and O–H groups in total. The van der Waals surface area contributed by atoms with Crippen LogP contribution in [0.25, 0.3) is 0 Å². The molecule has 3 heterocycles. The van der Waals surface area contributed by atoms with Gasteiger partial charge in [0.05, 0.1) is 25.0 Å². The van der Waals surface area contributed by atoms with Gasteiger partial charge in [0.1, 0.15) is 11.6 Å². The lowest BCUT2D eigenvalue weighted by molar-refractivity contribution is -0.141. The molecule has 0 aliphatic carbocycles. The number of rotatable bonds is 7. The Morgan fingerprint density at radius 3 is 2.53 bits per heavy atom. The van der Waals surface area contributed by atoms with Crippen molar-refractivity contribution in [2.45, 2.75) is 31.6 Å². The van der Waals surface area contributed by atoms with Crippen LogP contribution in [0, 0.1) is 0 Å². The number of aromatic nitrogens is 2. The molecule has 1 atom stereocenters. The largest absolute Gasteiger partial charge is 0.482 e. The van der Waals surface area contributed by atoms with Crippen LogP contribution in [0.5, 0.6) is 5.75 Å². The summed E-state index contributed by atoms with van der Waals surface area (Å²) in [4.78, 5) is 22.2. The van der Waals surface area contributed by atoms with Crippen molar-refractivity contribution in [1.29, 1.82) is 0 Å². The number of halogens is 3. The van der Waals surface area contributed by atoms with Gasteiger partial charge in [0.25, 0.3) is 0 Å². The molecule has 0 spiro atoms. The van der Waals surface area contributed by atoms with E-state index < -0.39 is 17.8 Å². The van der Waals surface area contributed by atoms with Crippen molar-refractivity contribution in [3.8, 4) is 5.75 Å². The number of likely N-dealkylation sites (N-methyl/N-ethyl adjacent to an activating group) is 1. The Bertz CT molecular complexity index is 948. The molecule has 1 aromatic carbocycles. The second-order valence-corrected chi connectivity index (χ2v) is 8.75. The maximum Gasteiger partial charge on any atom is 0.434 e. The Morgan fingerprint density at radius 1 is 1.19 bits per heavy atom. The predicted molar refractivity (Wildman–Crippen MR) is 127 cm³/mol. The first-order valence-electron chi connectivity index (χ1n) is 11.8. The van der Waals surface area contributed by atoms with Gasteiger partial charge in [-0.2, -0.15) is 13.2 Å². The fraction of sp³-hybridized carbons (Fsp3) is 0.542. The van der Waals surface area contributed by atoms with E-state index >= 15 is 0 Å². The van der Waals surface area contributed by atoms with Gasteiger partial charge in [-0.15, -0.1) is 0 Å². The van der Waals surface area contributed by atoms with Crippen LogP contribution in [-0.4, -0.2) is 89.9 Å². The zero-order valence-electron chi connectivity index (χ0n) is 20.2. The molecule has 0 amide bonds. The number of aliphatic carboxylic acids is 1. The van der Waals surface area contributed by atoms with Crippen LogP contribution in [0.1, 0.15) is 24.1 Å². The van der Waals surface area contributed by atoms with Gasteiger partial charge in [-0.25, -0.2) is 9.78 Å². The number of hydrogen-bond donors (Lipinski definition) is 2. The number of hydrogen-bond acceptors (Lipinski definition) is 8. The van der Waals surface area contributed by atoms with Gasteiger partial charge >= 0.3 is 12.1 Å².